The standard InChI is InChI=1S/C14H13NO2S2/c1-17-14(16)12(15)13-10(7-8-18-13)9-19-11-5-3-2-4-6-11/h2-8,15H,9H2,1H3. The second-order valence-corrected chi connectivity index (χ2v) is 5.71. The van der Waals surface area contributed by atoms with Crippen LogP contribution in [0.5, 0.6) is 0 Å². The van der Waals surface area contributed by atoms with Crippen LogP contribution in [-0.4, -0.2) is 18.8 Å². The van der Waals surface area contributed by atoms with Gasteiger partial charge in [0.25, 0.3) is 0 Å². The first-order chi connectivity index (χ1) is 9.22. The Morgan fingerprint density at radius 2 is 2.05 bits per heavy atom. The van der Waals surface area contributed by atoms with Crippen LogP contribution < -0.4 is 0 Å². The highest BCUT2D eigenvalue weighted by Crippen LogP contribution is 2.27. The Morgan fingerprint density at radius 3 is 2.74 bits per heavy atom. The van der Waals surface area contributed by atoms with Gasteiger partial charge in [0.2, 0.25) is 0 Å². The van der Waals surface area contributed by atoms with E-state index in [-0.39, 0.29) is 5.71 Å². The molecule has 3 nitrogen and oxygen atoms in total. The summed E-state index contributed by atoms with van der Waals surface area (Å²) in [6.45, 7) is 0. The van der Waals surface area contributed by atoms with Crippen LogP contribution in [0.3, 0.4) is 0 Å². The van der Waals surface area contributed by atoms with Gasteiger partial charge < -0.3 is 4.74 Å². The Hall–Kier alpha value is -1.59. The number of thiophene rings is 1. The number of hydrogen-bond donors (Lipinski definition) is 1. The Bertz CT molecular complexity index is 578. The number of nitrogens with one attached hydrogen (secondary N) is 1. The van der Waals surface area contributed by atoms with Crippen molar-refractivity contribution in [3.63, 3.8) is 0 Å². The molecular formula is C14H13NO2S2. The Balaban J connectivity index is 2.08. The van der Waals surface area contributed by atoms with Gasteiger partial charge in [0, 0.05) is 10.6 Å². The van der Waals surface area contributed by atoms with Crippen molar-refractivity contribution in [2.24, 2.45) is 0 Å². The van der Waals surface area contributed by atoms with Crippen molar-refractivity contribution in [3.05, 3.63) is 52.2 Å². The summed E-state index contributed by atoms with van der Waals surface area (Å²) in [7, 11) is 1.29. The van der Waals surface area contributed by atoms with Crippen LogP contribution in [0.2, 0.25) is 0 Å². The average Bonchev–Trinajstić information content (AvgIpc) is 2.93. The van der Waals surface area contributed by atoms with Crippen molar-refractivity contribution < 1.29 is 9.53 Å². The first kappa shape index (κ1) is 13.8. The maximum atomic E-state index is 11.4. The summed E-state index contributed by atoms with van der Waals surface area (Å²) >= 11 is 3.08. The molecule has 19 heavy (non-hydrogen) atoms. The molecule has 2 aromatic rings. The van der Waals surface area contributed by atoms with Crippen molar-refractivity contribution in [2.75, 3.05) is 7.11 Å². The van der Waals surface area contributed by atoms with Crippen molar-refractivity contribution in [2.45, 2.75) is 10.6 Å². The monoisotopic (exact) mass is 291 g/mol. The maximum absolute atomic E-state index is 11.4. The van der Waals surface area contributed by atoms with Crippen LogP contribution in [0.4, 0.5) is 0 Å². The minimum atomic E-state index is -0.589. The van der Waals surface area contributed by atoms with Crippen molar-refractivity contribution in [3.8, 4) is 0 Å². The second kappa shape index (κ2) is 6.54. The molecule has 1 aromatic heterocycles. The minimum Gasteiger partial charge on any atom is -0.464 e. The molecule has 1 heterocycles. The van der Waals surface area contributed by atoms with Gasteiger partial charge >= 0.3 is 5.97 Å². The third-order valence-corrected chi connectivity index (χ3v) is 4.54. The molecule has 5 heteroatoms. The van der Waals surface area contributed by atoms with E-state index < -0.39 is 5.97 Å². The van der Waals surface area contributed by atoms with E-state index in [2.05, 4.69) is 4.74 Å². The zero-order valence-electron chi connectivity index (χ0n) is 10.4. The molecule has 0 bridgehead atoms. The molecule has 0 radical (unpaired) electrons. The fraction of sp³-hybridized carbons (Fsp3) is 0.143. The topological polar surface area (TPSA) is 50.2 Å². The van der Waals surface area contributed by atoms with Gasteiger partial charge in [-0.15, -0.1) is 23.1 Å². The van der Waals surface area contributed by atoms with Gasteiger partial charge in [-0.05, 0) is 29.1 Å². The predicted octanol–water partition coefficient (Wildman–Crippen LogP) is 3.58. The van der Waals surface area contributed by atoms with Crippen molar-refractivity contribution in [1.29, 1.82) is 5.41 Å². The summed E-state index contributed by atoms with van der Waals surface area (Å²) in [4.78, 5) is 13.3. The average molecular weight is 291 g/mol. The van der Waals surface area contributed by atoms with Gasteiger partial charge in [-0.2, -0.15) is 0 Å². The van der Waals surface area contributed by atoms with E-state index in [0.29, 0.717) is 4.88 Å². The van der Waals surface area contributed by atoms with Gasteiger partial charge in [-0.25, -0.2) is 4.79 Å². The van der Waals surface area contributed by atoms with E-state index in [1.54, 1.807) is 11.8 Å². The largest absolute Gasteiger partial charge is 0.464 e. The SMILES string of the molecule is COC(=O)C(=N)c1sccc1CSc1ccccc1. The number of thioether (sulfide) groups is 1. The smallest absolute Gasteiger partial charge is 0.357 e. The molecule has 0 saturated heterocycles. The van der Waals surface area contributed by atoms with E-state index in [0.717, 1.165) is 11.3 Å². The summed E-state index contributed by atoms with van der Waals surface area (Å²) < 4.78 is 4.59. The number of hydrogen-bond acceptors (Lipinski definition) is 5. The van der Waals surface area contributed by atoms with E-state index in [1.807, 2.05) is 41.8 Å². The van der Waals surface area contributed by atoms with E-state index >= 15 is 0 Å². The number of rotatable bonds is 5. The number of ether oxygens (including phenoxy) is 1. The summed E-state index contributed by atoms with van der Waals surface area (Å²) in [5, 5.41) is 9.70. The van der Waals surface area contributed by atoms with E-state index in [1.165, 1.54) is 23.3 Å². The maximum Gasteiger partial charge on any atom is 0.357 e. The van der Waals surface area contributed by atoms with Gasteiger partial charge in [0.05, 0.1) is 12.0 Å². The third kappa shape index (κ3) is 3.45. The zero-order valence-corrected chi connectivity index (χ0v) is 12.0. The quantitative estimate of drug-likeness (QED) is 0.520. The number of carbonyl (C=O) groups is 1. The summed E-state index contributed by atoms with van der Waals surface area (Å²) in [6, 6.07) is 12.0. The number of carbonyl (C=O) groups excluding carboxylic acids is 1. The third-order valence-electron chi connectivity index (χ3n) is 2.50. The first-order valence-corrected chi connectivity index (χ1v) is 7.50. The highest BCUT2D eigenvalue weighted by Gasteiger charge is 2.17. The van der Waals surface area contributed by atoms with Crippen LogP contribution in [0, 0.1) is 5.41 Å². The lowest BCUT2D eigenvalue weighted by molar-refractivity contribution is -0.132. The number of methoxy groups -OCH3 is 1. The fourth-order valence-electron chi connectivity index (χ4n) is 1.54. The van der Waals surface area contributed by atoms with Crippen LogP contribution in [0.15, 0.2) is 46.7 Å². The lowest BCUT2D eigenvalue weighted by Gasteiger charge is -2.04. The van der Waals surface area contributed by atoms with Crippen LogP contribution in [0.25, 0.3) is 0 Å². The molecule has 0 fully saturated rings. The first-order valence-electron chi connectivity index (χ1n) is 5.64. The second-order valence-electron chi connectivity index (χ2n) is 3.74. The molecule has 0 aliphatic heterocycles. The van der Waals surface area contributed by atoms with Gasteiger partial charge in [-0.1, -0.05) is 18.2 Å². The molecule has 98 valence electrons. The molecule has 0 amide bonds. The van der Waals surface area contributed by atoms with Crippen molar-refractivity contribution >= 4 is 34.8 Å². The minimum absolute atomic E-state index is 0.0684. The van der Waals surface area contributed by atoms with Crippen molar-refractivity contribution in [1.82, 2.24) is 0 Å². The van der Waals surface area contributed by atoms with Crippen LogP contribution in [0.1, 0.15) is 10.4 Å². The zero-order chi connectivity index (χ0) is 13.7. The lowest BCUT2D eigenvalue weighted by Crippen LogP contribution is -2.15. The normalized spacial score (nSPS) is 10.2. The number of benzene rings is 1. The molecular weight excluding hydrogens is 278 g/mol. The van der Waals surface area contributed by atoms with Gasteiger partial charge in [0.15, 0.2) is 5.71 Å². The Labute approximate surface area is 120 Å². The molecule has 0 spiro atoms. The summed E-state index contributed by atoms with van der Waals surface area (Å²) in [5.74, 6) is 0.149. The Kier molecular flexibility index (Phi) is 4.76. The molecule has 1 N–H and O–H groups in total. The highest BCUT2D eigenvalue weighted by molar-refractivity contribution is 7.98. The summed E-state index contributed by atoms with van der Waals surface area (Å²) in [5.41, 5.74) is 0.926. The summed E-state index contributed by atoms with van der Waals surface area (Å²) in [6.07, 6.45) is 0. The molecule has 1 aromatic carbocycles. The molecule has 0 aliphatic carbocycles. The molecule has 0 aliphatic rings. The van der Waals surface area contributed by atoms with Crippen LogP contribution in [-0.2, 0) is 15.3 Å². The van der Waals surface area contributed by atoms with E-state index in [4.69, 9.17) is 5.41 Å². The molecule has 0 unspecified atom stereocenters. The van der Waals surface area contributed by atoms with E-state index in [9.17, 15) is 4.79 Å². The highest BCUT2D eigenvalue weighted by atomic mass is 32.2. The lowest BCUT2D eigenvalue weighted by atomic mass is 10.2. The fourth-order valence-corrected chi connectivity index (χ4v) is 3.41. The predicted molar refractivity (Wildman–Crippen MR) is 79.2 cm³/mol. The Morgan fingerprint density at radius 1 is 1.32 bits per heavy atom. The molecule has 2 rings (SSSR count). The number of esters is 1. The molecule has 0 atom stereocenters. The molecule has 0 saturated carbocycles. The van der Waals surface area contributed by atoms with Gasteiger partial charge in [-0.3, -0.25) is 5.41 Å². The van der Waals surface area contributed by atoms with Gasteiger partial charge in [0.1, 0.15) is 0 Å². The van der Waals surface area contributed by atoms with Crippen LogP contribution >= 0.6 is 23.1 Å².